The molecule has 3 heterocycles. The Balaban J connectivity index is 1.77. The van der Waals surface area contributed by atoms with Gasteiger partial charge in [0, 0.05) is 37.6 Å². The van der Waals surface area contributed by atoms with Crippen molar-refractivity contribution in [2.45, 2.75) is 32.6 Å². The summed E-state index contributed by atoms with van der Waals surface area (Å²) in [7, 11) is 0. The third-order valence-corrected chi connectivity index (χ3v) is 4.87. The van der Waals surface area contributed by atoms with Crippen molar-refractivity contribution < 1.29 is 4.79 Å². The quantitative estimate of drug-likeness (QED) is 0.855. The number of piperidine rings is 1. The first-order valence-electron chi connectivity index (χ1n) is 7.14. The molecule has 0 aliphatic carbocycles. The van der Waals surface area contributed by atoms with Gasteiger partial charge < -0.3 is 4.90 Å². The zero-order valence-electron chi connectivity index (χ0n) is 12.2. The van der Waals surface area contributed by atoms with Crippen molar-refractivity contribution >= 4 is 17.2 Å². The van der Waals surface area contributed by atoms with Gasteiger partial charge in [-0.25, -0.2) is 4.98 Å². The number of thiazole rings is 1. The highest BCUT2D eigenvalue weighted by molar-refractivity contribution is 7.13. The summed E-state index contributed by atoms with van der Waals surface area (Å²) in [4.78, 5) is 28.2. The Hall–Kier alpha value is -1.82. The van der Waals surface area contributed by atoms with Crippen LogP contribution < -0.4 is 0 Å². The Morgan fingerprint density at radius 1 is 1.38 bits per heavy atom. The lowest BCUT2D eigenvalue weighted by Gasteiger charge is -2.32. The zero-order chi connectivity index (χ0) is 14.8. The van der Waals surface area contributed by atoms with E-state index in [2.05, 4.69) is 15.0 Å². The van der Waals surface area contributed by atoms with Crippen LogP contribution in [0.3, 0.4) is 0 Å². The minimum absolute atomic E-state index is 0.103. The first-order chi connectivity index (χ1) is 10.1. The second-order valence-corrected chi connectivity index (χ2v) is 6.57. The van der Waals surface area contributed by atoms with E-state index >= 15 is 0 Å². The zero-order valence-corrected chi connectivity index (χ0v) is 13.1. The largest absolute Gasteiger partial charge is 0.337 e. The fraction of sp³-hybridized carbons (Fsp3) is 0.467. The van der Waals surface area contributed by atoms with Crippen LogP contribution in [0.15, 0.2) is 18.6 Å². The fourth-order valence-corrected chi connectivity index (χ4v) is 3.69. The molecule has 0 saturated carbocycles. The lowest BCUT2D eigenvalue weighted by molar-refractivity contribution is 0.0709. The highest BCUT2D eigenvalue weighted by Crippen LogP contribution is 2.27. The Morgan fingerprint density at radius 3 is 2.90 bits per heavy atom. The summed E-state index contributed by atoms with van der Waals surface area (Å²) < 4.78 is 0. The number of likely N-dealkylation sites (tertiary alicyclic amines) is 1. The fourth-order valence-electron chi connectivity index (χ4n) is 2.80. The second-order valence-electron chi connectivity index (χ2n) is 5.37. The molecular formula is C15H18N4OS. The molecular weight excluding hydrogens is 284 g/mol. The molecule has 0 unspecified atom stereocenters. The summed E-state index contributed by atoms with van der Waals surface area (Å²) >= 11 is 1.48. The van der Waals surface area contributed by atoms with Crippen LogP contribution >= 0.6 is 11.3 Å². The average Bonchev–Trinajstić information content (AvgIpc) is 2.86. The third kappa shape index (κ3) is 2.95. The van der Waals surface area contributed by atoms with Crippen molar-refractivity contribution in [2.24, 2.45) is 0 Å². The maximum atomic E-state index is 12.7. The van der Waals surface area contributed by atoms with E-state index in [1.807, 2.05) is 18.7 Å². The molecule has 0 spiro atoms. The van der Waals surface area contributed by atoms with Crippen LogP contribution in [0.1, 0.15) is 44.8 Å². The maximum Gasteiger partial charge on any atom is 0.265 e. The normalized spacial score (nSPS) is 18.8. The van der Waals surface area contributed by atoms with Crippen molar-refractivity contribution in [1.82, 2.24) is 19.9 Å². The van der Waals surface area contributed by atoms with Gasteiger partial charge in [0.15, 0.2) is 0 Å². The van der Waals surface area contributed by atoms with Gasteiger partial charge >= 0.3 is 0 Å². The van der Waals surface area contributed by atoms with Crippen LogP contribution in [-0.4, -0.2) is 38.8 Å². The van der Waals surface area contributed by atoms with Crippen LogP contribution in [0.4, 0.5) is 0 Å². The van der Waals surface area contributed by atoms with Crippen LogP contribution in [0.25, 0.3) is 0 Å². The topological polar surface area (TPSA) is 59.0 Å². The van der Waals surface area contributed by atoms with Crippen molar-refractivity contribution in [3.63, 3.8) is 0 Å². The molecule has 2 aromatic rings. The highest BCUT2D eigenvalue weighted by Gasteiger charge is 2.28. The molecule has 1 aliphatic rings. The van der Waals surface area contributed by atoms with Crippen molar-refractivity contribution in [1.29, 1.82) is 0 Å². The van der Waals surface area contributed by atoms with Crippen LogP contribution in [0.5, 0.6) is 0 Å². The van der Waals surface area contributed by atoms with Crippen molar-refractivity contribution in [3.05, 3.63) is 39.9 Å². The number of nitrogens with zero attached hydrogens (tertiary/aromatic N) is 4. The predicted molar refractivity (Wildman–Crippen MR) is 81.5 cm³/mol. The van der Waals surface area contributed by atoms with Crippen LogP contribution in [0, 0.1) is 13.8 Å². The van der Waals surface area contributed by atoms with Crippen LogP contribution in [0.2, 0.25) is 0 Å². The highest BCUT2D eigenvalue weighted by atomic mass is 32.1. The summed E-state index contributed by atoms with van der Waals surface area (Å²) in [5, 5.41) is 0.943. The van der Waals surface area contributed by atoms with Gasteiger partial charge in [-0.15, -0.1) is 11.3 Å². The van der Waals surface area contributed by atoms with Crippen molar-refractivity contribution in [2.75, 3.05) is 13.1 Å². The molecule has 110 valence electrons. The molecule has 5 nitrogen and oxygen atoms in total. The van der Waals surface area contributed by atoms with Crippen LogP contribution in [-0.2, 0) is 0 Å². The Morgan fingerprint density at radius 2 is 2.24 bits per heavy atom. The van der Waals surface area contributed by atoms with E-state index in [0.29, 0.717) is 6.54 Å². The number of hydrogen-bond acceptors (Lipinski definition) is 5. The van der Waals surface area contributed by atoms with Gasteiger partial charge in [-0.3, -0.25) is 14.8 Å². The Kier molecular flexibility index (Phi) is 3.96. The SMILES string of the molecule is Cc1nc(C)c(C(=O)N2CCC[C@H](c3cnccn3)C2)s1. The minimum atomic E-state index is 0.103. The van der Waals surface area contributed by atoms with E-state index in [4.69, 9.17) is 0 Å². The molecule has 1 fully saturated rings. The van der Waals surface area contributed by atoms with E-state index in [-0.39, 0.29) is 11.8 Å². The molecule has 1 aliphatic heterocycles. The Bertz CT molecular complexity index is 640. The van der Waals surface area contributed by atoms with Gasteiger partial charge in [0.1, 0.15) is 4.88 Å². The summed E-state index contributed by atoms with van der Waals surface area (Å²) in [5.74, 6) is 0.386. The lowest BCUT2D eigenvalue weighted by atomic mass is 9.95. The number of carbonyl (C=O) groups excluding carboxylic acids is 1. The van der Waals surface area contributed by atoms with Gasteiger partial charge in [-0.2, -0.15) is 0 Å². The van der Waals surface area contributed by atoms with Gasteiger partial charge in [0.2, 0.25) is 0 Å². The standard InChI is InChI=1S/C15H18N4OS/c1-10-14(21-11(2)18-10)15(20)19-7-3-4-12(9-19)13-8-16-5-6-17-13/h5-6,8,12H,3-4,7,9H2,1-2H3/t12-/m0/s1. The molecule has 1 atom stereocenters. The van der Waals surface area contributed by atoms with E-state index < -0.39 is 0 Å². The summed E-state index contributed by atoms with van der Waals surface area (Å²) in [6.45, 7) is 5.37. The number of amides is 1. The molecule has 21 heavy (non-hydrogen) atoms. The third-order valence-electron chi connectivity index (χ3n) is 3.81. The molecule has 0 N–H and O–H groups in total. The first kappa shape index (κ1) is 14.1. The maximum absolute atomic E-state index is 12.7. The molecule has 0 aromatic carbocycles. The van der Waals surface area contributed by atoms with E-state index in [1.165, 1.54) is 11.3 Å². The number of carbonyl (C=O) groups is 1. The van der Waals surface area contributed by atoms with Gasteiger partial charge in [-0.05, 0) is 26.7 Å². The van der Waals surface area contributed by atoms with Crippen molar-refractivity contribution in [3.8, 4) is 0 Å². The monoisotopic (exact) mass is 302 g/mol. The number of hydrogen-bond donors (Lipinski definition) is 0. The van der Waals surface area contributed by atoms with Gasteiger partial charge in [0.05, 0.1) is 16.4 Å². The van der Waals surface area contributed by atoms with Gasteiger partial charge in [-0.1, -0.05) is 0 Å². The lowest BCUT2D eigenvalue weighted by Crippen LogP contribution is -2.39. The second kappa shape index (κ2) is 5.89. The smallest absolute Gasteiger partial charge is 0.265 e. The molecule has 1 amide bonds. The molecule has 0 radical (unpaired) electrons. The predicted octanol–water partition coefficient (Wildman–Crippen LogP) is 2.57. The summed E-state index contributed by atoms with van der Waals surface area (Å²) in [5.41, 5.74) is 1.82. The van der Waals surface area contributed by atoms with E-state index in [0.717, 1.165) is 40.7 Å². The minimum Gasteiger partial charge on any atom is -0.337 e. The Labute approximate surface area is 128 Å². The molecule has 3 rings (SSSR count). The first-order valence-corrected chi connectivity index (χ1v) is 7.96. The molecule has 0 bridgehead atoms. The van der Waals surface area contributed by atoms with Gasteiger partial charge in [0.25, 0.3) is 5.91 Å². The molecule has 1 saturated heterocycles. The number of aryl methyl sites for hydroxylation is 2. The summed E-state index contributed by atoms with van der Waals surface area (Å²) in [6.07, 6.45) is 7.26. The molecule has 6 heteroatoms. The number of rotatable bonds is 2. The molecule has 2 aromatic heterocycles. The van der Waals surface area contributed by atoms with E-state index in [1.54, 1.807) is 18.6 Å². The summed E-state index contributed by atoms with van der Waals surface area (Å²) in [6, 6.07) is 0. The average molecular weight is 302 g/mol. The number of aromatic nitrogens is 3. The van der Waals surface area contributed by atoms with E-state index in [9.17, 15) is 4.79 Å².